The van der Waals surface area contributed by atoms with E-state index in [9.17, 15) is 0 Å². The normalized spacial score (nSPS) is 11.9. The predicted molar refractivity (Wildman–Crippen MR) is 42.8 cm³/mol. The third kappa shape index (κ3) is 1.53. The van der Waals surface area contributed by atoms with Gasteiger partial charge in [-0.3, -0.25) is 0 Å². The Morgan fingerprint density at radius 3 is 2.64 bits per heavy atom. The first-order valence-corrected chi connectivity index (χ1v) is 3.52. The molecule has 1 aromatic rings. The van der Waals surface area contributed by atoms with E-state index in [0.29, 0.717) is 12.1 Å². The number of H-pyrrole nitrogens is 1. The highest BCUT2D eigenvalue weighted by molar-refractivity contribution is 5.25. The molecule has 1 rings (SSSR count). The first-order valence-electron chi connectivity index (χ1n) is 3.52. The summed E-state index contributed by atoms with van der Waals surface area (Å²) >= 11 is 0. The van der Waals surface area contributed by atoms with E-state index >= 15 is 0 Å². The fourth-order valence-electron chi connectivity index (χ4n) is 0.842. The third-order valence-corrected chi connectivity index (χ3v) is 1.75. The maximum atomic E-state index is 8.97. The molecule has 0 aliphatic carbocycles. The van der Waals surface area contributed by atoms with Gasteiger partial charge in [0.25, 0.3) is 0 Å². The van der Waals surface area contributed by atoms with Crippen molar-refractivity contribution in [2.45, 2.75) is 19.0 Å². The topological polar surface area (TPSA) is 88.1 Å². The SMILES string of the molecule is CCC(N)(N)c1cc(O)c[nH]1. The van der Waals surface area contributed by atoms with Gasteiger partial charge in [0.2, 0.25) is 0 Å². The minimum Gasteiger partial charge on any atom is -0.506 e. The Labute approximate surface area is 65.2 Å². The molecule has 11 heavy (non-hydrogen) atoms. The lowest BCUT2D eigenvalue weighted by Gasteiger charge is -2.20. The Morgan fingerprint density at radius 2 is 2.27 bits per heavy atom. The molecular formula is C7H13N3O. The van der Waals surface area contributed by atoms with Crippen LogP contribution in [0.15, 0.2) is 12.3 Å². The summed E-state index contributed by atoms with van der Waals surface area (Å²) in [5.41, 5.74) is 11.2. The van der Waals surface area contributed by atoms with Crippen LogP contribution in [0, 0.1) is 0 Å². The second-order valence-electron chi connectivity index (χ2n) is 2.67. The Hall–Kier alpha value is -1.00. The van der Waals surface area contributed by atoms with E-state index in [0.717, 1.165) is 0 Å². The van der Waals surface area contributed by atoms with Gasteiger partial charge in [-0.1, -0.05) is 6.92 Å². The summed E-state index contributed by atoms with van der Waals surface area (Å²) in [4.78, 5) is 2.80. The van der Waals surface area contributed by atoms with E-state index in [1.807, 2.05) is 6.92 Å². The highest BCUT2D eigenvalue weighted by Crippen LogP contribution is 2.18. The maximum absolute atomic E-state index is 8.97. The molecule has 6 N–H and O–H groups in total. The molecule has 0 bridgehead atoms. The van der Waals surface area contributed by atoms with Crippen LogP contribution < -0.4 is 11.5 Å². The molecular weight excluding hydrogens is 142 g/mol. The van der Waals surface area contributed by atoms with Crippen LogP contribution in [0.2, 0.25) is 0 Å². The summed E-state index contributed by atoms with van der Waals surface area (Å²) in [5.74, 6) is 0.161. The molecule has 1 aromatic heterocycles. The zero-order valence-corrected chi connectivity index (χ0v) is 6.46. The van der Waals surface area contributed by atoms with Crippen LogP contribution in [-0.4, -0.2) is 10.1 Å². The van der Waals surface area contributed by atoms with Gasteiger partial charge in [-0.2, -0.15) is 0 Å². The molecule has 4 heteroatoms. The van der Waals surface area contributed by atoms with Crippen LogP contribution in [0.25, 0.3) is 0 Å². The number of aromatic amines is 1. The zero-order valence-electron chi connectivity index (χ0n) is 6.46. The minimum atomic E-state index is -0.860. The predicted octanol–water partition coefficient (Wildman–Crippen LogP) is 0.201. The van der Waals surface area contributed by atoms with Crippen molar-refractivity contribution in [1.82, 2.24) is 4.98 Å². The van der Waals surface area contributed by atoms with Gasteiger partial charge in [0.1, 0.15) is 11.4 Å². The number of aromatic nitrogens is 1. The van der Waals surface area contributed by atoms with E-state index < -0.39 is 5.66 Å². The van der Waals surface area contributed by atoms with Gasteiger partial charge in [0.15, 0.2) is 0 Å². The van der Waals surface area contributed by atoms with Crippen molar-refractivity contribution in [2.75, 3.05) is 0 Å². The third-order valence-electron chi connectivity index (χ3n) is 1.75. The van der Waals surface area contributed by atoms with Crippen molar-refractivity contribution in [3.63, 3.8) is 0 Å². The second kappa shape index (κ2) is 2.56. The average Bonchev–Trinajstić information content (AvgIpc) is 2.36. The number of nitrogens with one attached hydrogen (secondary N) is 1. The number of hydrogen-bond donors (Lipinski definition) is 4. The first kappa shape index (κ1) is 8.10. The monoisotopic (exact) mass is 155 g/mol. The van der Waals surface area contributed by atoms with Crippen molar-refractivity contribution in [1.29, 1.82) is 0 Å². The van der Waals surface area contributed by atoms with Crippen LogP contribution >= 0.6 is 0 Å². The van der Waals surface area contributed by atoms with Crippen molar-refractivity contribution < 1.29 is 5.11 Å². The standard InChI is InChI=1S/C7H13N3O/c1-2-7(8,9)6-3-5(11)4-10-6/h3-4,10-11H,2,8-9H2,1H3. The van der Waals surface area contributed by atoms with Gasteiger partial charge in [-0.05, 0) is 6.42 Å². The van der Waals surface area contributed by atoms with Gasteiger partial charge >= 0.3 is 0 Å². The summed E-state index contributed by atoms with van der Waals surface area (Å²) in [6.07, 6.45) is 2.08. The molecule has 0 fully saturated rings. The van der Waals surface area contributed by atoms with Gasteiger partial charge < -0.3 is 21.6 Å². The lowest BCUT2D eigenvalue weighted by molar-refractivity contribution is 0.434. The van der Waals surface area contributed by atoms with Crippen LogP contribution in [0.5, 0.6) is 5.75 Å². The fourth-order valence-corrected chi connectivity index (χ4v) is 0.842. The summed E-state index contributed by atoms with van der Waals surface area (Å²) in [7, 11) is 0. The molecule has 0 spiro atoms. The lowest BCUT2D eigenvalue weighted by atomic mass is 10.1. The van der Waals surface area contributed by atoms with Crippen molar-refractivity contribution in [3.8, 4) is 5.75 Å². The quantitative estimate of drug-likeness (QED) is 0.460. The Balaban J connectivity index is 2.92. The van der Waals surface area contributed by atoms with E-state index in [1.165, 1.54) is 12.3 Å². The Morgan fingerprint density at radius 1 is 1.64 bits per heavy atom. The Bertz CT molecular complexity index is 242. The van der Waals surface area contributed by atoms with E-state index in [2.05, 4.69) is 4.98 Å². The summed E-state index contributed by atoms with van der Waals surface area (Å²) in [6.45, 7) is 1.89. The summed E-state index contributed by atoms with van der Waals surface area (Å²) < 4.78 is 0. The molecule has 1 heterocycles. The smallest absolute Gasteiger partial charge is 0.133 e. The Kier molecular flexibility index (Phi) is 1.89. The van der Waals surface area contributed by atoms with Gasteiger partial charge in [0, 0.05) is 12.3 Å². The molecule has 0 radical (unpaired) electrons. The molecule has 0 amide bonds. The number of aromatic hydroxyl groups is 1. The molecule has 0 atom stereocenters. The number of hydrogen-bond acceptors (Lipinski definition) is 3. The highest BCUT2D eigenvalue weighted by atomic mass is 16.3. The highest BCUT2D eigenvalue weighted by Gasteiger charge is 2.20. The van der Waals surface area contributed by atoms with Crippen LogP contribution in [0.3, 0.4) is 0 Å². The van der Waals surface area contributed by atoms with Gasteiger partial charge in [-0.25, -0.2) is 0 Å². The zero-order chi connectivity index (χ0) is 8.48. The molecule has 0 aromatic carbocycles. The molecule has 0 saturated carbocycles. The number of nitrogens with two attached hydrogens (primary N) is 2. The van der Waals surface area contributed by atoms with E-state index in [-0.39, 0.29) is 5.75 Å². The van der Waals surface area contributed by atoms with Gasteiger partial charge in [0.05, 0.1) is 5.69 Å². The first-order chi connectivity index (χ1) is 5.06. The van der Waals surface area contributed by atoms with Crippen molar-refractivity contribution in [3.05, 3.63) is 18.0 Å². The minimum absolute atomic E-state index is 0.161. The second-order valence-corrected chi connectivity index (χ2v) is 2.67. The van der Waals surface area contributed by atoms with E-state index in [1.54, 1.807) is 0 Å². The average molecular weight is 155 g/mol. The lowest BCUT2D eigenvalue weighted by Crippen LogP contribution is -2.45. The molecule has 0 unspecified atom stereocenters. The van der Waals surface area contributed by atoms with Crippen LogP contribution in [-0.2, 0) is 5.66 Å². The molecule has 4 nitrogen and oxygen atoms in total. The molecule has 0 aliphatic heterocycles. The summed E-state index contributed by atoms with van der Waals surface area (Å²) in [6, 6.07) is 1.53. The number of rotatable bonds is 2. The maximum Gasteiger partial charge on any atom is 0.133 e. The van der Waals surface area contributed by atoms with Gasteiger partial charge in [-0.15, -0.1) is 0 Å². The van der Waals surface area contributed by atoms with Crippen molar-refractivity contribution >= 4 is 0 Å². The largest absolute Gasteiger partial charge is 0.506 e. The van der Waals surface area contributed by atoms with E-state index in [4.69, 9.17) is 16.6 Å². The summed E-state index contributed by atoms with van der Waals surface area (Å²) in [5, 5.41) is 8.97. The van der Waals surface area contributed by atoms with Crippen molar-refractivity contribution in [2.24, 2.45) is 11.5 Å². The fraction of sp³-hybridized carbons (Fsp3) is 0.429. The van der Waals surface area contributed by atoms with Crippen LogP contribution in [0.1, 0.15) is 19.0 Å². The van der Waals surface area contributed by atoms with Crippen LogP contribution in [0.4, 0.5) is 0 Å². The molecule has 0 aliphatic rings. The molecule has 0 saturated heterocycles. The molecule has 62 valence electrons.